The Bertz CT molecular complexity index is 1190. The molecule has 0 aliphatic rings. The van der Waals surface area contributed by atoms with Crippen LogP contribution in [0, 0.1) is 0 Å². The molecule has 0 bridgehead atoms. The first-order chi connectivity index (χ1) is 31.0. The Labute approximate surface area is 389 Å². The van der Waals surface area contributed by atoms with Gasteiger partial charge in [0.2, 0.25) is 0 Å². The molecule has 0 aliphatic carbocycles. The van der Waals surface area contributed by atoms with E-state index in [2.05, 4.69) is 93.7 Å². The number of esters is 3. The summed E-state index contributed by atoms with van der Waals surface area (Å²) in [5.41, 5.74) is 0. The molecule has 0 amide bonds. The zero-order valence-corrected chi connectivity index (χ0v) is 41.3. The number of rotatable bonds is 47. The number of ether oxygens (including phenoxy) is 3. The minimum absolute atomic E-state index is 0.0795. The largest absolute Gasteiger partial charge is 0.462 e. The van der Waals surface area contributed by atoms with Crippen LogP contribution < -0.4 is 0 Å². The fraction of sp³-hybridized carbons (Fsp3) is 0.737. The fourth-order valence-corrected chi connectivity index (χ4v) is 7.23. The predicted octanol–water partition coefficient (Wildman–Crippen LogP) is 17.4. The molecule has 0 aromatic carbocycles. The lowest BCUT2D eigenvalue weighted by Crippen LogP contribution is -2.30. The van der Waals surface area contributed by atoms with Crippen LogP contribution in [0.2, 0.25) is 0 Å². The fourth-order valence-electron chi connectivity index (χ4n) is 7.23. The first-order valence-corrected chi connectivity index (χ1v) is 26.4. The molecule has 0 N–H and O–H groups in total. The number of unbranched alkanes of at least 4 members (excludes halogenated alkanes) is 24. The van der Waals surface area contributed by atoms with Crippen LogP contribution in [0.5, 0.6) is 0 Å². The maximum absolute atomic E-state index is 12.7. The van der Waals surface area contributed by atoms with Gasteiger partial charge in [-0.15, -0.1) is 0 Å². The highest BCUT2D eigenvalue weighted by Gasteiger charge is 2.19. The van der Waals surface area contributed by atoms with Gasteiger partial charge >= 0.3 is 17.9 Å². The van der Waals surface area contributed by atoms with Crippen LogP contribution in [0.15, 0.2) is 72.9 Å². The number of carbonyl (C=O) groups is 3. The van der Waals surface area contributed by atoms with E-state index in [0.29, 0.717) is 19.3 Å². The average Bonchev–Trinajstić information content (AvgIpc) is 3.28. The number of allylic oxidation sites excluding steroid dienone is 12. The van der Waals surface area contributed by atoms with Crippen LogP contribution in [0.1, 0.15) is 252 Å². The van der Waals surface area contributed by atoms with E-state index < -0.39 is 6.10 Å². The predicted molar refractivity (Wildman–Crippen MR) is 270 cm³/mol. The highest BCUT2D eigenvalue weighted by Crippen LogP contribution is 2.14. The molecule has 63 heavy (non-hydrogen) atoms. The van der Waals surface area contributed by atoms with E-state index >= 15 is 0 Å². The molecule has 1 atom stereocenters. The molecule has 0 aromatic rings. The molecule has 0 radical (unpaired) electrons. The first-order valence-electron chi connectivity index (χ1n) is 26.4. The minimum Gasteiger partial charge on any atom is -0.462 e. The summed E-state index contributed by atoms with van der Waals surface area (Å²) in [6.45, 7) is 6.46. The van der Waals surface area contributed by atoms with Gasteiger partial charge in [-0.25, -0.2) is 0 Å². The Balaban J connectivity index is 4.19. The van der Waals surface area contributed by atoms with Gasteiger partial charge in [-0.05, 0) is 89.9 Å². The monoisotopic (exact) mass is 879 g/mol. The molecule has 6 heteroatoms. The van der Waals surface area contributed by atoms with Gasteiger partial charge in [0.05, 0.1) is 0 Å². The topological polar surface area (TPSA) is 78.9 Å². The normalized spacial score (nSPS) is 12.6. The summed E-state index contributed by atoms with van der Waals surface area (Å²) in [6, 6.07) is 0. The van der Waals surface area contributed by atoms with Gasteiger partial charge in [-0.2, -0.15) is 0 Å². The van der Waals surface area contributed by atoms with Crippen LogP contribution >= 0.6 is 0 Å². The summed E-state index contributed by atoms with van der Waals surface area (Å²) in [7, 11) is 0. The molecule has 0 aromatic heterocycles. The standard InChI is InChI=1S/C57H98O6/c1-4-7-10-13-16-18-20-22-23-24-25-26-27-28-29-30-31-32-33-35-36-38-41-44-47-50-56(59)62-53-54(52-61-55(58)49-46-43-40-15-12-9-6-3)63-57(60)51-48-45-42-39-37-34-21-19-17-14-11-8-5-2/h7,10,16,18-19,21-23,25-26,28-29,54H,4-6,8-9,11-15,17,20,24,27,30-53H2,1-3H3/b10-7-,18-16-,21-19-,23-22-,26-25-,29-28-. The van der Waals surface area contributed by atoms with Crippen LogP contribution in [-0.4, -0.2) is 37.2 Å². The summed E-state index contributed by atoms with van der Waals surface area (Å²) < 4.78 is 16.7. The second-order valence-corrected chi connectivity index (χ2v) is 17.4. The molecule has 362 valence electrons. The number of hydrogen-bond acceptors (Lipinski definition) is 6. The van der Waals surface area contributed by atoms with Crippen LogP contribution in [0.3, 0.4) is 0 Å². The third kappa shape index (κ3) is 49.7. The van der Waals surface area contributed by atoms with Gasteiger partial charge in [0.15, 0.2) is 6.10 Å². The highest BCUT2D eigenvalue weighted by molar-refractivity contribution is 5.71. The van der Waals surface area contributed by atoms with Crippen molar-refractivity contribution in [1.82, 2.24) is 0 Å². The molecular formula is C57H98O6. The third-order valence-corrected chi connectivity index (χ3v) is 11.2. The molecular weight excluding hydrogens is 781 g/mol. The Morgan fingerprint density at radius 1 is 0.333 bits per heavy atom. The van der Waals surface area contributed by atoms with Crippen molar-refractivity contribution in [2.24, 2.45) is 0 Å². The Hall–Kier alpha value is -3.15. The van der Waals surface area contributed by atoms with Crippen molar-refractivity contribution in [2.75, 3.05) is 13.2 Å². The van der Waals surface area contributed by atoms with Gasteiger partial charge in [-0.1, -0.05) is 216 Å². The Morgan fingerprint density at radius 3 is 1.00 bits per heavy atom. The third-order valence-electron chi connectivity index (χ3n) is 11.2. The lowest BCUT2D eigenvalue weighted by atomic mass is 10.1. The van der Waals surface area contributed by atoms with Gasteiger partial charge < -0.3 is 14.2 Å². The van der Waals surface area contributed by atoms with Gasteiger partial charge in [0, 0.05) is 19.3 Å². The molecule has 0 spiro atoms. The molecule has 6 nitrogen and oxygen atoms in total. The number of carbonyl (C=O) groups excluding carboxylic acids is 3. The zero-order chi connectivity index (χ0) is 45.8. The highest BCUT2D eigenvalue weighted by atomic mass is 16.6. The van der Waals surface area contributed by atoms with Crippen molar-refractivity contribution in [3.8, 4) is 0 Å². The van der Waals surface area contributed by atoms with Crippen molar-refractivity contribution in [1.29, 1.82) is 0 Å². The first kappa shape index (κ1) is 59.9. The second kappa shape index (κ2) is 51.5. The smallest absolute Gasteiger partial charge is 0.306 e. The maximum Gasteiger partial charge on any atom is 0.306 e. The van der Waals surface area contributed by atoms with Crippen molar-refractivity contribution >= 4 is 17.9 Å². The summed E-state index contributed by atoms with van der Waals surface area (Å²) in [4.78, 5) is 37.8. The molecule has 0 saturated carbocycles. The Kier molecular flexibility index (Phi) is 48.9. The molecule has 1 unspecified atom stereocenters. The van der Waals surface area contributed by atoms with E-state index in [1.807, 2.05) is 0 Å². The molecule has 0 fully saturated rings. The van der Waals surface area contributed by atoms with E-state index in [1.165, 1.54) is 103 Å². The summed E-state index contributed by atoms with van der Waals surface area (Å²) in [5.74, 6) is -0.900. The maximum atomic E-state index is 12.7. The van der Waals surface area contributed by atoms with Crippen LogP contribution in [0.4, 0.5) is 0 Å². The van der Waals surface area contributed by atoms with Crippen molar-refractivity contribution in [2.45, 2.75) is 258 Å². The Morgan fingerprint density at radius 2 is 0.619 bits per heavy atom. The van der Waals surface area contributed by atoms with Crippen molar-refractivity contribution in [3.63, 3.8) is 0 Å². The van der Waals surface area contributed by atoms with Crippen molar-refractivity contribution < 1.29 is 28.6 Å². The van der Waals surface area contributed by atoms with E-state index in [1.54, 1.807) is 0 Å². The molecule has 0 rings (SSSR count). The van der Waals surface area contributed by atoms with Gasteiger partial charge in [-0.3, -0.25) is 14.4 Å². The summed E-state index contributed by atoms with van der Waals surface area (Å²) in [6.07, 6.45) is 64.8. The molecule has 0 saturated heterocycles. The van der Waals surface area contributed by atoms with Gasteiger partial charge in [0.25, 0.3) is 0 Å². The lowest BCUT2D eigenvalue weighted by molar-refractivity contribution is -0.167. The second-order valence-electron chi connectivity index (χ2n) is 17.4. The summed E-state index contributed by atoms with van der Waals surface area (Å²) in [5, 5.41) is 0. The van der Waals surface area contributed by atoms with E-state index in [4.69, 9.17) is 14.2 Å². The SMILES string of the molecule is CC/C=C\C/C=C\C/C=C\C/C=C\C/C=C\CCCCCCCCCCCC(=O)OCC(COC(=O)CCCCCCCCC)OC(=O)CCCCCCC/C=C\CCCCCC. The lowest BCUT2D eigenvalue weighted by Gasteiger charge is -2.18. The quantitative estimate of drug-likeness (QED) is 0.0262. The van der Waals surface area contributed by atoms with Crippen molar-refractivity contribution in [3.05, 3.63) is 72.9 Å². The van der Waals surface area contributed by atoms with E-state index in [0.717, 1.165) is 109 Å². The van der Waals surface area contributed by atoms with E-state index in [9.17, 15) is 14.4 Å². The molecule has 0 aliphatic heterocycles. The number of hydrogen-bond donors (Lipinski definition) is 0. The van der Waals surface area contributed by atoms with Gasteiger partial charge in [0.1, 0.15) is 13.2 Å². The molecule has 0 heterocycles. The van der Waals surface area contributed by atoms with Crippen LogP contribution in [0.25, 0.3) is 0 Å². The van der Waals surface area contributed by atoms with Crippen LogP contribution in [-0.2, 0) is 28.6 Å². The van der Waals surface area contributed by atoms with E-state index in [-0.39, 0.29) is 31.1 Å². The summed E-state index contributed by atoms with van der Waals surface area (Å²) >= 11 is 0. The average molecular weight is 879 g/mol. The minimum atomic E-state index is -0.777. The zero-order valence-electron chi connectivity index (χ0n) is 41.3.